The van der Waals surface area contributed by atoms with Crippen LogP contribution in [0, 0.1) is 5.92 Å². The zero-order valence-electron chi connectivity index (χ0n) is 13.0. The van der Waals surface area contributed by atoms with E-state index in [1.165, 1.54) is 0 Å². The Balaban J connectivity index is 1.73. The van der Waals surface area contributed by atoms with Gasteiger partial charge in [0.15, 0.2) is 9.84 Å². The maximum atomic E-state index is 12.5. The van der Waals surface area contributed by atoms with Gasteiger partial charge in [0.25, 0.3) is 0 Å². The molecule has 2 heterocycles. The Bertz CT molecular complexity index is 668. The van der Waals surface area contributed by atoms with Gasteiger partial charge in [0, 0.05) is 13.1 Å². The van der Waals surface area contributed by atoms with E-state index in [9.17, 15) is 13.2 Å². The molecule has 2 saturated heterocycles. The number of nitrogens with zero attached hydrogens (tertiary/aromatic N) is 1. The number of para-hydroxylation sites is 2. The fraction of sp³-hybridized carbons (Fsp3) is 0.562. The Morgan fingerprint density at radius 1 is 1.22 bits per heavy atom. The van der Waals surface area contributed by atoms with Crippen molar-refractivity contribution in [2.75, 3.05) is 48.0 Å². The van der Waals surface area contributed by atoms with Gasteiger partial charge >= 0.3 is 0 Å². The monoisotopic (exact) mass is 338 g/mol. The van der Waals surface area contributed by atoms with E-state index in [0.29, 0.717) is 26.1 Å². The lowest BCUT2D eigenvalue weighted by Crippen LogP contribution is -2.37. The molecule has 2 aliphatic heterocycles. The minimum Gasteiger partial charge on any atom is -0.378 e. The third-order valence-corrected chi connectivity index (χ3v) is 6.17. The number of ether oxygens (including phenoxy) is 1. The number of rotatable bonds is 3. The van der Waals surface area contributed by atoms with Crippen molar-refractivity contribution >= 4 is 27.1 Å². The van der Waals surface area contributed by atoms with Gasteiger partial charge in [-0.05, 0) is 25.0 Å². The number of sulfone groups is 1. The predicted molar refractivity (Wildman–Crippen MR) is 89.5 cm³/mol. The van der Waals surface area contributed by atoms with Crippen molar-refractivity contribution in [2.24, 2.45) is 5.92 Å². The van der Waals surface area contributed by atoms with Crippen molar-refractivity contribution in [3.05, 3.63) is 24.3 Å². The van der Waals surface area contributed by atoms with Crippen LogP contribution in [0.1, 0.15) is 12.8 Å². The van der Waals surface area contributed by atoms with Gasteiger partial charge in [-0.15, -0.1) is 0 Å². The van der Waals surface area contributed by atoms with Crippen LogP contribution in [0.5, 0.6) is 0 Å². The third kappa shape index (κ3) is 4.03. The van der Waals surface area contributed by atoms with Gasteiger partial charge in [0.2, 0.25) is 5.91 Å². The largest absolute Gasteiger partial charge is 0.378 e. The quantitative estimate of drug-likeness (QED) is 0.899. The molecule has 0 bridgehead atoms. The molecule has 3 rings (SSSR count). The van der Waals surface area contributed by atoms with Crippen LogP contribution in [0.2, 0.25) is 0 Å². The lowest BCUT2D eigenvalue weighted by Gasteiger charge is -2.31. The first-order chi connectivity index (χ1) is 11.1. The SMILES string of the molecule is O=C(Nc1ccccc1N1CCOCC1)C1CCCS(=O)(=O)C1. The van der Waals surface area contributed by atoms with Gasteiger partial charge in [0.05, 0.1) is 42.0 Å². The highest BCUT2D eigenvalue weighted by molar-refractivity contribution is 7.91. The Kier molecular flexibility index (Phi) is 4.87. The van der Waals surface area contributed by atoms with Crippen LogP contribution >= 0.6 is 0 Å². The van der Waals surface area contributed by atoms with E-state index in [-0.39, 0.29) is 17.4 Å². The van der Waals surface area contributed by atoms with E-state index in [4.69, 9.17) is 4.74 Å². The highest BCUT2D eigenvalue weighted by atomic mass is 32.2. The number of carbonyl (C=O) groups is 1. The van der Waals surface area contributed by atoms with E-state index in [2.05, 4.69) is 10.2 Å². The van der Waals surface area contributed by atoms with E-state index in [1.807, 2.05) is 24.3 Å². The maximum absolute atomic E-state index is 12.5. The first kappa shape index (κ1) is 16.3. The molecule has 1 unspecified atom stereocenters. The van der Waals surface area contributed by atoms with Crippen molar-refractivity contribution in [2.45, 2.75) is 12.8 Å². The summed E-state index contributed by atoms with van der Waals surface area (Å²) in [5, 5.41) is 2.93. The standard InChI is InChI=1S/C16H22N2O4S/c19-16(13-4-3-11-23(20,21)12-13)17-14-5-1-2-6-15(14)18-7-9-22-10-8-18/h1-2,5-6,13H,3-4,7-12H2,(H,17,19). The number of anilines is 2. The average molecular weight is 338 g/mol. The molecule has 23 heavy (non-hydrogen) atoms. The summed E-state index contributed by atoms with van der Waals surface area (Å²) in [4.78, 5) is 14.6. The number of nitrogens with one attached hydrogen (secondary N) is 1. The van der Waals surface area contributed by atoms with Gasteiger partial charge < -0.3 is 15.0 Å². The molecule has 2 aliphatic rings. The van der Waals surface area contributed by atoms with Crippen LogP contribution < -0.4 is 10.2 Å². The number of carbonyl (C=O) groups excluding carboxylic acids is 1. The summed E-state index contributed by atoms with van der Waals surface area (Å²) >= 11 is 0. The highest BCUT2D eigenvalue weighted by Gasteiger charge is 2.30. The summed E-state index contributed by atoms with van der Waals surface area (Å²) in [7, 11) is -3.09. The zero-order valence-corrected chi connectivity index (χ0v) is 13.8. The van der Waals surface area contributed by atoms with Crippen molar-refractivity contribution in [3.63, 3.8) is 0 Å². The summed E-state index contributed by atoms with van der Waals surface area (Å²) in [6.45, 7) is 2.90. The summed E-state index contributed by atoms with van der Waals surface area (Å²) in [6, 6.07) is 7.64. The topological polar surface area (TPSA) is 75.7 Å². The average Bonchev–Trinajstić information content (AvgIpc) is 2.55. The molecule has 0 radical (unpaired) electrons. The van der Waals surface area contributed by atoms with E-state index in [1.54, 1.807) is 0 Å². The fourth-order valence-electron chi connectivity index (χ4n) is 3.12. The number of hydrogen-bond acceptors (Lipinski definition) is 5. The van der Waals surface area contributed by atoms with Crippen LogP contribution in [0.25, 0.3) is 0 Å². The zero-order chi connectivity index (χ0) is 16.3. The first-order valence-corrected chi connectivity index (χ1v) is 9.80. The van der Waals surface area contributed by atoms with Crippen molar-refractivity contribution in [1.82, 2.24) is 0 Å². The second-order valence-electron chi connectivity index (χ2n) is 6.06. The first-order valence-electron chi connectivity index (χ1n) is 7.98. The molecule has 1 amide bonds. The van der Waals surface area contributed by atoms with Gasteiger partial charge in [-0.2, -0.15) is 0 Å². The molecule has 126 valence electrons. The molecular formula is C16H22N2O4S. The van der Waals surface area contributed by atoms with Crippen molar-refractivity contribution in [3.8, 4) is 0 Å². The Hall–Kier alpha value is -1.60. The van der Waals surface area contributed by atoms with E-state index >= 15 is 0 Å². The van der Waals surface area contributed by atoms with E-state index < -0.39 is 15.8 Å². The van der Waals surface area contributed by atoms with Crippen LogP contribution in [0.4, 0.5) is 11.4 Å². The molecule has 0 aliphatic carbocycles. The lowest BCUT2D eigenvalue weighted by molar-refractivity contribution is -0.119. The number of benzene rings is 1. The molecule has 1 N–H and O–H groups in total. The van der Waals surface area contributed by atoms with Gasteiger partial charge in [-0.1, -0.05) is 12.1 Å². The summed E-state index contributed by atoms with van der Waals surface area (Å²) < 4.78 is 28.8. The third-order valence-electron chi connectivity index (χ3n) is 4.35. The molecule has 7 heteroatoms. The van der Waals surface area contributed by atoms with Gasteiger partial charge in [-0.3, -0.25) is 4.79 Å². The summed E-state index contributed by atoms with van der Waals surface area (Å²) in [5.74, 6) is -0.500. The molecule has 6 nitrogen and oxygen atoms in total. The molecule has 1 aromatic rings. The number of morpholine rings is 1. The minimum atomic E-state index is -3.09. The Labute approximate surface area is 136 Å². The van der Waals surface area contributed by atoms with Gasteiger partial charge in [-0.25, -0.2) is 8.42 Å². The molecule has 0 spiro atoms. The van der Waals surface area contributed by atoms with Crippen LogP contribution in [0.3, 0.4) is 0 Å². The van der Waals surface area contributed by atoms with Crippen LogP contribution in [-0.4, -0.2) is 52.1 Å². The lowest BCUT2D eigenvalue weighted by atomic mass is 10.0. The molecular weight excluding hydrogens is 316 g/mol. The predicted octanol–water partition coefficient (Wildman–Crippen LogP) is 1.29. The van der Waals surface area contributed by atoms with Gasteiger partial charge in [0.1, 0.15) is 0 Å². The van der Waals surface area contributed by atoms with Crippen molar-refractivity contribution in [1.29, 1.82) is 0 Å². The van der Waals surface area contributed by atoms with E-state index in [0.717, 1.165) is 24.5 Å². The van der Waals surface area contributed by atoms with Crippen LogP contribution in [-0.2, 0) is 19.4 Å². The maximum Gasteiger partial charge on any atom is 0.228 e. The number of hydrogen-bond donors (Lipinski definition) is 1. The van der Waals surface area contributed by atoms with Crippen LogP contribution in [0.15, 0.2) is 24.3 Å². The highest BCUT2D eigenvalue weighted by Crippen LogP contribution is 2.28. The minimum absolute atomic E-state index is 0.0431. The smallest absolute Gasteiger partial charge is 0.228 e. The second kappa shape index (κ2) is 6.88. The molecule has 0 saturated carbocycles. The summed E-state index contributed by atoms with van der Waals surface area (Å²) in [6.07, 6.45) is 1.19. The molecule has 1 aromatic carbocycles. The summed E-state index contributed by atoms with van der Waals surface area (Å²) in [5.41, 5.74) is 1.70. The molecule has 0 aromatic heterocycles. The Morgan fingerprint density at radius 2 is 1.96 bits per heavy atom. The number of amides is 1. The fourth-order valence-corrected chi connectivity index (χ4v) is 4.83. The molecule has 1 atom stereocenters. The molecule has 2 fully saturated rings. The normalized spacial score (nSPS) is 24.2. The Morgan fingerprint density at radius 3 is 2.70 bits per heavy atom. The second-order valence-corrected chi connectivity index (χ2v) is 8.29. The van der Waals surface area contributed by atoms with Crippen molar-refractivity contribution < 1.29 is 17.9 Å².